The van der Waals surface area contributed by atoms with Crippen molar-refractivity contribution in [3.8, 4) is 11.9 Å². The molecule has 0 unspecified atom stereocenters. The van der Waals surface area contributed by atoms with Crippen molar-refractivity contribution in [2.24, 2.45) is 0 Å². The Kier molecular flexibility index (Phi) is 6.50. The molecule has 0 aliphatic carbocycles. The summed E-state index contributed by atoms with van der Waals surface area (Å²) < 4.78 is 5.44. The largest absolute Gasteiger partial charge is 0.467 e. The molecule has 0 radical (unpaired) electrons. The zero-order chi connectivity index (χ0) is 20.0. The molecule has 0 saturated heterocycles. The van der Waals surface area contributed by atoms with Gasteiger partial charge in [0.25, 0.3) is 11.8 Å². The van der Waals surface area contributed by atoms with Crippen LogP contribution in [0.3, 0.4) is 0 Å². The van der Waals surface area contributed by atoms with E-state index in [9.17, 15) is 9.59 Å². The minimum absolute atomic E-state index is 0.114. The standard InChI is InChI=1S/C20H22N4O3/c1-13(2)17-10-7-15(11-21)19(23-17)27-12-18(25)22-16-8-5-14(6-9-16)20(26)24(3)4/h5-10,13H,12H2,1-4H3,(H,22,25). The van der Waals surface area contributed by atoms with Crippen LogP contribution in [0.1, 0.15) is 41.4 Å². The van der Waals surface area contributed by atoms with E-state index in [1.54, 1.807) is 50.5 Å². The van der Waals surface area contributed by atoms with Crippen LogP contribution in [0.4, 0.5) is 5.69 Å². The number of amides is 2. The van der Waals surface area contributed by atoms with Crippen molar-refractivity contribution < 1.29 is 14.3 Å². The summed E-state index contributed by atoms with van der Waals surface area (Å²) in [5.74, 6) is -0.179. The van der Waals surface area contributed by atoms with Gasteiger partial charge >= 0.3 is 0 Å². The molecule has 1 aromatic carbocycles. The van der Waals surface area contributed by atoms with Gasteiger partial charge in [-0.05, 0) is 42.3 Å². The Bertz CT molecular complexity index is 868. The summed E-state index contributed by atoms with van der Waals surface area (Å²) in [6, 6.07) is 12.0. The summed E-state index contributed by atoms with van der Waals surface area (Å²) in [7, 11) is 3.35. The Hall–Kier alpha value is -3.40. The second kappa shape index (κ2) is 8.81. The highest BCUT2D eigenvalue weighted by atomic mass is 16.5. The third-order valence-corrected chi connectivity index (χ3v) is 3.76. The normalized spacial score (nSPS) is 10.2. The Morgan fingerprint density at radius 3 is 2.41 bits per heavy atom. The van der Waals surface area contributed by atoms with Gasteiger partial charge in [0.1, 0.15) is 11.6 Å². The third kappa shape index (κ3) is 5.28. The molecule has 2 aromatic rings. The molecular weight excluding hydrogens is 344 g/mol. The van der Waals surface area contributed by atoms with E-state index in [-0.39, 0.29) is 35.8 Å². The van der Waals surface area contributed by atoms with Crippen molar-refractivity contribution in [3.05, 3.63) is 53.2 Å². The number of carbonyl (C=O) groups is 2. The maximum Gasteiger partial charge on any atom is 0.262 e. The highest BCUT2D eigenvalue weighted by molar-refractivity contribution is 5.95. The second-order valence-electron chi connectivity index (χ2n) is 6.47. The van der Waals surface area contributed by atoms with Crippen LogP contribution < -0.4 is 10.1 Å². The van der Waals surface area contributed by atoms with Crippen LogP contribution >= 0.6 is 0 Å². The number of ether oxygens (including phenoxy) is 1. The molecule has 7 nitrogen and oxygen atoms in total. The van der Waals surface area contributed by atoms with Gasteiger partial charge in [-0.1, -0.05) is 13.8 Å². The number of rotatable bonds is 6. The SMILES string of the molecule is CC(C)c1ccc(C#N)c(OCC(=O)Nc2ccc(C(=O)N(C)C)cc2)n1. The van der Waals surface area contributed by atoms with E-state index < -0.39 is 0 Å². The first-order chi connectivity index (χ1) is 12.8. The molecule has 2 amide bonds. The lowest BCUT2D eigenvalue weighted by atomic mass is 10.1. The van der Waals surface area contributed by atoms with Gasteiger partial charge < -0.3 is 15.0 Å². The summed E-state index contributed by atoms with van der Waals surface area (Å²) in [6.45, 7) is 3.69. The maximum atomic E-state index is 12.1. The molecule has 1 heterocycles. The molecule has 1 N–H and O–H groups in total. The number of carbonyl (C=O) groups excluding carboxylic acids is 2. The predicted octanol–water partition coefficient (Wildman–Crippen LogP) is 2.80. The lowest BCUT2D eigenvalue weighted by molar-refractivity contribution is -0.118. The Balaban J connectivity index is 2.00. The molecule has 0 aliphatic rings. The van der Waals surface area contributed by atoms with Crippen LogP contribution in [0.25, 0.3) is 0 Å². The van der Waals surface area contributed by atoms with E-state index in [0.717, 1.165) is 5.69 Å². The van der Waals surface area contributed by atoms with Crippen molar-refractivity contribution in [1.82, 2.24) is 9.88 Å². The monoisotopic (exact) mass is 366 g/mol. The van der Waals surface area contributed by atoms with E-state index >= 15 is 0 Å². The molecule has 0 fully saturated rings. The lowest BCUT2D eigenvalue weighted by Gasteiger charge is -2.12. The number of hydrogen-bond donors (Lipinski definition) is 1. The van der Waals surface area contributed by atoms with Crippen molar-refractivity contribution >= 4 is 17.5 Å². The average Bonchev–Trinajstić information content (AvgIpc) is 2.66. The quantitative estimate of drug-likeness (QED) is 0.848. The van der Waals surface area contributed by atoms with Gasteiger partial charge in [0, 0.05) is 31.0 Å². The van der Waals surface area contributed by atoms with E-state index in [2.05, 4.69) is 10.3 Å². The number of nitriles is 1. The number of aromatic nitrogens is 1. The van der Waals surface area contributed by atoms with E-state index in [0.29, 0.717) is 11.3 Å². The molecular formula is C20H22N4O3. The van der Waals surface area contributed by atoms with Gasteiger partial charge in [-0.2, -0.15) is 5.26 Å². The van der Waals surface area contributed by atoms with Crippen LogP contribution in [-0.4, -0.2) is 42.4 Å². The third-order valence-electron chi connectivity index (χ3n) is 3.76. The van der Waals surface area contributed by atoms with Gasteiger partial charge in [-0.25, -0.2) is 4.98 Å². The molecule has 0 atom stereocenters. The van der Waals surface area contributed by atoms with Crippen molar-refractivity contribution in [2.45, 2.75) is 19.8 Å². The minimum atomic E-state index is -0.387. The fraction of sp³-hybridized carbons (Fsp3) is 0.300. The lowest BCUT2D eigenvalue weighted by Crippen LogP contribution is -2.22. The molecule has 1 aromatic heterocycles. The summed E-state index contributed by atoms with van der Waals surface area (Å²) in [5.41, 5.74) is 2.13. The van der Waals surface area contributed by atoms with Gasteiger partial charge in [0.05, 0.1) is 0 Å². The van der Waals surface area contributed by atoms with Crippen LogP contribution in [0.2, 0.25) is 0 Å². The smallest absolute Gasteiger partial charge is 0.262 e. The zero-order valence-electron chi connectivity index (χ0n) is 15.8. The molecule has 0 spiro atoms. The number of nitrogens with zero attached hydrogens (tertiary/aromatic N) is 3. The van der Waals surface area contributed by atoms with Crippen molar-refractivity contribution in [1.29, 1.82) is 5.26 Å². The summed E-state index contributed by atoms with van der Waals surface area (Å²) in [4.78, 5) is 29.7. The summed E-state index contributed by atoms with van der Waals surface area (Å²) >= 11 is 0. The minimum Gasteiger partial charge on any atom is -0.467 e. The second-order valence-corrected chi connectivity index (χ2v) is 6.47. The fourth-order valence-electron chi connectivity index (χ4n) is 2.26. The van der Waals surface area contributed by atoms with Crippen molar-refractivity contribution in [2.75, 3.05) is 26.0 Å². The van der Waals surface area contributed by atoms with Gasteiger partial charge in [-0.3, -0.25) is 9.59 Å². The van der Waals surface area contributed by atoms with Gasteiger partial charge in [-0.15, -0.1) is 0 Å². The number of pyridine rings is 1. The topological polar surface area (TPSA) is 95.3 Å². The number of benzene rings is 1. The predicted molar refractivity (Wildman–Crippen MR) is 102 cm³/mol. The molecule has 7 heteroatoms. The summed E-state index contributed by atoms with van der Waals surface area (Å²) in [6.07, 6.45) is 0. The number of nitrogens with one attached hydrogen (secondary N) is 1. The highest BCUT2D eigenvalue weighted by Crippen LogP contribution is 2.20. The number of hydrogen-bond acceptors (Lipinski definition) is 5. The number of anilines is 1. The van der Waals surface area contributed by atoms with Crippen LogP contribution in [0.5, 0.6) is 5.88 Å². The van der Waals surface area contributed by atoms with Crippen molar-refractivity contribution in [3.63, 3.8) is 0 Å². The molecule has 27 heavy (non-hydrogen) atoms. The summed E-state index contributed by atoms with van der Waals surface area (Å²) in [5, 5.41) is 11.8. The molecule has 0 aliphatic heterocycles. The molecule has 0 bridgehead atoms. The van der Waals surface area contributed by atoms with Crippen LogP contribution in [0.15, 0.2) is 36.4 Å². The van der Waals surface area contributed by atoms with Crippen LogP contribution in [-0.2, 0) is 4.79 Å². The van der Waals surface area contributed by atoms with E-state index in [4.69, 9.17) is 10.00 Å². The van der Waals surface area contributed by atoms with E-state index in [1.807, 2.05) is 19.9 Å². The zero-order valence-corrected chi connectivity index (χ0v) is 15.8. The highest BCUT2D eigenvalue weighted by Gasteiger charge is 2.12. The molecule has 2 rings (SSSR count). The molecule has 140 valence electrons. The molecule has 0 saturated carbocycles. The first kappa shape index (κ1) is 19.9. The Morgan fingerprint density at radius 2 is 1.85 bits per heavy atom. The average molecular weight is 366 g/mol. The van der Waals surface area contributed by atoms with Gasteiger partial charge in [0.2, 0.25) is 5.88 Å². The Morgan fingerprint density at radius 1 is 1.19 bits per heavy atom. The first-order valence-electron chi connectivity index (χ1n) is 8.47. The van der Waals surface area contributed by atoms with E-state index in [1.165, 1.54) is 4.90 Å². The fourth-order valence-corrected chi connectivity index (χ4v) is 2.26. The maximum absolute atomic E-state index is 12.1. The van der Waals surface area contributed by atoms with Gasteiger partial charge in [0.15, 0.2) is 6.61 Å². The van der Waals surface area contributed by atoms with Crippen LogP contribution in [0, 0.1) is 11.3 Å². The first-order valence-corrected chi connectivity index (χ1v) is 8.47. The Labute approximate surface area is 158 Å².